The molecule has 0 atom stereocenters. The molecule has 0 aromatic heterocycles. The number of halogens is 1. The largest absolute Gasteiger partial charge is 0.490 e. The molecule has 0 aliphatic heterocycles. The molecule has 2 aliphatic carbocycles. The molecule has 4 nitrogen and oxygen atoms in total. The van der Waals surface area contributed by atoms with Gasteiger partial charge in [-0.1, -0.05) is 23.7 Å². The van der Waals surface area contributed by atoms with Crippen molar-refractivity contribution in [2.45, 2.75) is 55.1 Å². The number of rotatable bonds is 6. The molecule has 0 saturated heterocycles. The average Bonchev–Trinajstić information content (AvgIpc) is 3.20. The van der Waals surface area contributed by atoms with Gasteiger partial charge in [-0.2, -0.15) is 0 Å². The van der Waals surface area contributed by atoms with E-state index in [4.69, 9.17) is 16.3 Å². The maximum Gasteiger partial charge on any atom is 0.241 e. The van der Waals surface area contributed by atoms with Crippen LogP contribution < -0.4 is 9.46 Å². The van der Waals surface area contributed by atoms with Gasteiger partial charge >= 0.3 is 0 Å². The van der Waals surface area contributed by atoms with E-state index in [9.17, 15) is 8.42 Å². The van der Waals surface area contributed by atoms with Gasteiger partial charge in [0.05, 0.1) is 16.5 Å². The van der Waals surface area contributed by atoms with Crippen LogP contribution in [-0.4, -0.2) is 14.5 Å². The van der Waals surface area contributed by atoms with Crippen molar-refractivity contribution in [3.05, 3.63) is 59.1 Å². The van der Waals surface area contributed by atoms with Gasteiger partial charge in [-0.3, -0.25) is 0 Å². The Morgan fingerprint density at radius 3 is 2.15 bits per heavy atom. The molecule has 2 fully saturated rings. The molecular weight excluding hydrogens is 370 g/mol. The summed E-state index contributed by atoms with van der Waals surface area (Å²) in [6.45, 7) is 0. The minimum atomic E-state index is -3.60. The number of hydrogen-bond acceptors (Lipinski definition) is 3. The fraction of sp³-hybridized carbons (Fsp3) is 0.400. The van der Waals surface area contributed by atoms with Gasteiger partial charge in [-0.25, -0.2) is 13.1 Å². The molecule has 0 amide bonds. The van der Waals surface area contributed by atoms with E-state index in [2.05, 4.69) is 4.72 Å². The number of benzene rings is 2. The summed E-state index contributed by atoms with van der Waals surface area (Å²) in [7, 11) is -3.60. The number of nitrogens with one attached hydrogen (secondary N) is 1. The second-order valence-corrected chi connectivity index (χ2v) is 9.31. The highest BCUT2D eigenvalue weighted by molar-refractivity contribution is 7.89. The second-order valence-electron chi connectivity index (χ2n) is 7.19. The lowest BCUT2D eigenvalue weighted by Crippen LogP contribution is -2.34. The maximum absolute atomic E-state index is 12.8. The second kappa shape index (κ2) is 6.87. The van der Waals surface area contributed by atoms with Gasteiger partial charge in [0.2, 0.25) is 10.0 Å². The Balaban J connectivity index is 1.48. The van der Waals surface area contributed by atoms with Crippen molar-refractivity contribution in [2.24, 2.45) is 0 Å². The third kappa shape index (κ3) is 3.75. The van der Waals surface area contributed by atoms with Crippen LogP contribution in [0.25, 0.3) is 0 Å². The Hall–Kier alpha value is -1.56. The molecule has 4 rings (SSSR count). The number of sulfonamides is 1. The predicted molar refractivity (Wildman–Crippen MR) is 102 cm³/mol. The van der Waals surface area contributed by atoms with E-state index in [-0.39, 0.29) is 11.0 Å². The Kier molecular flexibility index (Phi) is 4.71. The van der Waals surface area contributed by atoms with Gasteiger partial charge < -0.3 is 4.74 Å². The molecule has 1 N–H and O–H groups in total. The van der Waals surface area contributed by atoms with Gasteiger partial charge in [0.15, 0.2) is 0 Å². The first-order chi connectivity index (χ1) is 12.5. The Morgan fingerprint density at radius 2 is 1.58 bits per heavy atom. The highest BCUT2D eigenvalue weighted by atomic mass is 35.5. The summed E-state index contributed by atoms with van der Waals surface area (Å²) in [4.78, 5) is 0.261. The van der Waals surface area contributed by atoms with E-state index in [1.807, 2.05) is 12.1 Å². The smallest absolute Gasteiger partial charge is 0.241 e. The molecule has 2 aromatic carbocycles. The third-order valence-electron chi connectivity index (χ3n) is 5.22. The SMILES string of the molecule is O=S(=O)(NC1(c2ccc(Cl)cc2)CC1)c1ccc(OC2CCCC2)cc1. The maximum atomic E-state index is 12.8. The van der Waals surface area contributed by atoms with Crippen molar-refractivity contribution >= 4 is 21.6 Å². The molecule has 0 heterocycles. The summed E-state index contributed by atoms with van der Waals surface area (Å²) in [5.41, 5.74) is 0.439. The van der Waals surface area contributed by atoms with Crippen LogP contribution in [0.4, 0.5) is 0 Å². The van der Waals surface area contributed by atoms with Crippen LogP contribution in [0.5, 0.6) is 5.75 Å². The molecule has 6 heteroatoms. The van der Waals surface area contributed by atoms with Gasteiger partial charge in [0, 0.05) is 5.02 Å². The standard InChI is InChI=1S/C20H22ClNO3S/c21-16-7-5-15(6-8-16)20(13-14-20)22-26(23,24)19-11-9-18(10-12-19)25-17-3-1-2-4-17/h5-12,17,22H,1-4,13-14H2. The summed E-state index contributed by atoms with van der Waals surface area (Å²) < 4.78 is 34.4. The van der Waals surface area contributed by atoms with E-state index < -0.39 is 15.6 Å². The van der Waals surface area contributed by atoms with Gasteiger partial charge in [0.1, 0.15) is 5.75 Å². The zero-order chi connectivity index (χ0) is 18.2. The molecule has 2 saturated carbocycles. The molecule has 0 bridgehead atoms. The quantitative estimate of drug-likeness (QED) is 0.781. The van der Waals surface area contributed by atoms with Crippen LogP contribution in [-0.2, 0) is 15.6 Å². The summed E-state index contributed by atoms with van der Waals surface area (Å²) >= 11 is 5.94. The summed E-state index contributed by atoms with van der Waals surface area (Å²) in [6, 6.07) is 14.1. The number of hydrogen-bond donors (Lipinski definition) is 1. The fourth-order valence-electron chi connectivity index (χ4n) is 3.56. The molecule has 0 radical (unpaired) electrons. The van der Waals surface area contributed by atoms with Crippen LogP contribution in [0.15, 0.2) is 53.4 Å². The molecular formula is C20H22ClNO3S. The molecule has 0 unspecified atom stereocenters. The third-order valence-corrected chi connectivity index (χ3v) is 7.02. The van der Waals surface area contributed by atoms with Crippen LogP contribution in [0.1, 0.15) is 44.1 Å². The first kappa shape index (κ1) is 17.8. The van der Waals surface area contributed by atoms with Gasteiger partial charge in [-0.05, 0) is 80.5 Å². The van der Waals surface area contributed by atoms with Crippen molar-refractivity contribution in [1.29, 1.82) is 0 Å². The Morgan fingerprint density at radius 1 is 0.962 bits per heavy atom. The van der Waals surface area contributed by atoms with Crippen molar-refractivity contribution in [3.8, 4) is 5.75 Å². The molecule has 26 heavy (non-hydrogen) atoms. The lowest BCUT2D eigenvalue weighted by molar-refractivity contribution is 0.210. The first-order valence-corrected chi connectivity index (χ1v) is 10.9. The van der Waals surface area contributed by atoms with Gasteiger partial charge in [-0.15, -0.1) is 0 Å². The molecule has 0 spiro atoms. The minimum Gasteiger partial charge on any atom is -0.490 e. The summed E-state index contributed by atoms with van der Waals surface area (Å²) in [5, 5.41) is 0.644. The topological polar surface area (TPSA) is 55.4 Å². The van der Waals surface area contributed by atoms with E-state index in [1.54, 1.807) is 36.4 Å². The Labute approximate surface area is 159 Å². The van der Waals surface area contributed by atoms with Crippen LogP contribution in [0.3, 0.4) is 0 Å². The lowest BCUT2D eigenvalue weighted by atomic mass is 10.1. The highest BCUT2D eigenvalue weighted by Crippen LogP contribution is 2.46. The lowest BCUT2D eigenvalue weighted by Gasteiger charge is -2.18. The zero-order valence-electron chi connectivity index (χ0n) is 14.4. The zero-order valence-corrected chi connectivity index (χ0v) is 16.0. The summed E-state index contributed by atoms with van der Waals surface area (Å²) in [6.07, 6.45) is 6.39. The van der Waals surface area contributed by atoms with E-state index in [0.717, 1.165) is 37.0 Å². The summed E-state index contributed by atoms with van der Waals surface area (Å²) in [5.74, 6) is 0.731. The monoisotopic (exact) mass is 391 g/mol. The van der Waals surface area contributed by atoms with Crippen molar-refractivity contribution < 1.29 is 13.2 Å². The van der Waals surface area contributed by atoms with Crippen molar-refractivity contribution in [1.82, 2.24) is 4.72 Å². The minimum absolute atomic E-state index is 0.259. The molecule has 2 aromatic rings. The van der Waals surface area contributed by atoms with Crippen molar-refractivity contribution in [3.63, 3.8) is 0 Å². The average molecular weight is 392 g/mol. The van der Waals surface area contributed by atoms with E-state index >= 15 is 0 Å². The van der Waals surface area contributed by atoms with Crippen molar-refractivity contribution in [2.75, 3.05) is 0 Å². The van der Waals surface area contributed by atoms with E-state index in [1.165, 1.54) is 12.8 Å². The van der Waals surface area contributed by atoms with E-state index in [0.29, 0.717) is 5.02 Å². The van der Waals surface area contributed by atoms with Crippen LogP contribution in [0, 0.1) is 0 Å². The number of ether oxygens (including phenoxy) is 1. The highest BCUT2D eigenvalue weighted by Gasteiger charge is 2.47. The van der Waals surface area contributed by atoms with Crippen LogP contribution >= 0.6 is 11.6 Å². The molecule has 2 aliphatic rings. The van der Waals surface area contributed by atoms with Crippen LogP contribution in [0.2, 0.25) is 5.02 Å². The normalized spacial score (nSPS) is 19.4. The Bertz CT molecular complexity index is 868. The predicted octanol–water partition coefficient (Wildman–Crippen LogP) is 4.63. The molecule has 138 valence electrons. The van der Waals surface area contributed by atoms with Gasteiger partial charge in [0.25, 0.3) is 0 Å². The first-order valence-electron chi connectivity index (χ1n) is 9.04. The fourth-order valence-corrected chi connectivity index (χ4v) is 5.13.